The lowest BCUT2D eigenvalue weighted by Gasteiger charge is -2.40. The maximum Gasteiger partial charge on any atom is 0.524 e. The Morgan fingerprint density at radius 1 is 0.528 bits per heavy atom. The number of halogens is 3. The molecular formula is C42H41F3O6S2. The third-order valence-corrected chi connectivity index (χ3v) is 12.9. The summed E-state index contributed by atoms with van der Waals surface area (Å²) in [7, 11) is -9.86. The minimum Gasteiger partial charge on any atom is -0.489 e. The highest BCUT2D eigenvalue weighted by Crippen LogP contribution is 2.71. The van der Waals surface area contributed by atoms with E-state index in [4.69, 9.17) is 17.8 Å². The number of rotatable bonds is 10. The van der Waals surface area contributed by atoms with Gasteiger partial charge in [0.25, 0.3) is 0 Å². The molecule has 6 rings (SSSR count). The van der Waals surface area contributed by atoms with Gasteiger partial charge in [-0.15, -0.1) is 0 Å². The molecule has 278 valence electrons. The van der Waals surface area contributed by atoms with Crippen molar-refractivity contribution in [1.82, 2.24) is 0 Å². The fourth-order valence-electron chi connectivity index (χ4n) is 5.98. The van der Waals surface area contributed by atoms with Gasteiger partial charge in [0.15, 0.2) is 0 Å². The fraction of sp³-hybridized carbons (Fsp3) is 0.238. The van der Waals surface area contributed by atoms with Crippen molar-refractivity contribution in [3.8, 4) is 17.2 Å². The first-order valence-corrected chi connectivity index (χ1v) is 19.9. The molecule has 0 saturated carbocycles. The van der Waals surface area contributed by atoms with E-state index in [-0.39, 0.29) is 21.3 Å². The first kappa shape index (κ1) is 38.0. The van der Waals surface area contributed by atoms with Crippen LogP contribution in [-0.2, 0) is 20.4 Å². The summed E-state index contributed by atoms with van der Waals surface area (Å²) in [4.78, 5) is 0.502. The Bertz CT molecular complexity index is 2300. The highest BCUT2D eigenvalue weighted by Gasteiger charge is 2.52. The summed E-state index contributed by atoms with van der Waals surface area (Å²) in [5, 5.41) is 4.31. The number of fused-ring (bicyclic) bond motifs is 3. The fourth-order valence-corrected chi connectivity index (χ4v) is 10.7. The zero-order valence-corrected chi connectivity index (χ0v) is 31.9. The quantitative estimate of drug-likeness (QED) is 0.102. The van der Waals surface area contributed by atoms with Crippen molar-refractivity contribution in [3.63, 3.8) is 0 Å². The van der Waals surface area contributed by atoms with Crippen molar-refractivity contribution >= 4 is 42.0 Å². The number of alkyl halides is 3. The van der Waals surface area contributed by atoms with E-state index >= 15 is 0 Å². The van der Waals surface area contributed by atoms with Crippen LogP contribution in [0.2, 0.25) is 0 Å². The molecule has 0 aromatic heterocycles. The van der Waals surface area contributed by atoms with E-state index in [1.807, 2.05) is 77.9 Å². The van der Waals surface area contributed by atoms with Crippen molar-refractivity contribution < 1.29 is 39.4 Å². The van der Waals surface area contributed by atoms with Gasteiger partial charge < -0.3 is 14.2 Å². The maximum absolute atomic E-state index is 14.3. The molecule has 0 atom stereocenters. The first-order valence-electron chi connectivity index (χ1n) is 16.9. The van der Waals surface area contributed by atoms with Crippen LogP contribution in [0.15, 0.2) is 142 Å². The van der Waals surface area contributed by atoms with Crippen molar-refractivity contribution in [3.05, 3.63) is 133 Å². The van der Waals surface area contributed by atoms with Crippen LogP contribution in [0.5, 0.6) is 17.2 Å². The highest BCUT2D eigenvalue weighted by atomic mass is 32.3. The molecule has 53 heavy (non-hydrogen) atoms. The van der Waals surface area contributed by atoms with Crippen LogP contribution in [-0.4, -0.2) is 25.1 Å². The Morgan fingerprint density at radius 2 is 1.04 bits per heavy atom. The number of benzene rings is 6. The maximum atomic E-state index is 14.3. The van der Waals surface area contributed by atoms with Crippen LogP contribution < -0.4 is 14.2 Å². The third kappa shape index (κ3) is 8.43. The van der Waals surface area contributed by atoms with Crippen LogP contribution in [0.3, 0.4) is 0 Å². The summed E-state index contributed by atoms with van der Waals surface area (Å²) in [6, 6.07) is 37.2. The average Bonchev–Trinajstić information content (AvgIpc) is 3.08. The molecule has 0 aliphatic rings. The van der Waals surface area contributed by atoms with E-state index in [1.165, 1.54) is 12.1 Å². The highest BCUT2D eigenvalue weighted by molar-refractivity contribution is 8.33. The van der Waals surface area contributed by atoms with E-state index in [9.17, 15) is 21.6 Å². The Kier molecular flexibility index (Phi) is 10.2. The van der Waals surface area contributed by atoms with Crippen molar-refractivity contribution in [2.24, 2.45) is 0 Å². The summed E-state index contributed by atoms with van der Waals surface area (Å²) in [5.74, 6) is 1.07. The minimum atomic E-state index is -6.17. The van der Waals surface area contributed by atoms with Crippen LogP contribution in [0.4, 0.5) is 13.2 Å². The summed E-state index contributed by atoms with van der Waals surface area (Å²) in [6.45, 7) is 11.2. The van der Waals surface area contributed by atoms with Crippen molar-refractivity contribution in [2.45, 2.75) is 79.5 Å². The van der Waals surface area contributed by atoms with Crippen molar-refractivity contribution in [1.29, 1.82) is 0 Å². The second kappa shape index (κ2) is 14.3. The largest absolute Gasteiger partial charge is 0.524 e. The Morgan fingerprint density at radius 3 is 1.57 bits per heavy atom. The van der Waals surface area contributed by atoms with Crippen molar-refractivity contribution in [2.75, 3.05) is 0 Å². The Balaban J connectivity index is 1.49. The Labute approximate surface area is 310 Å². The van der Waals surface area contributed by atoms with E-state index in [2.05, 4.69) is 18.2 Å². The van der Waals surface area contributed by atoms with Gasteiger partial charge in [0.05, 0.1) is 0 Å². The molecule has 0 heterocycles. The third-order valence-electron chi connectivity index (χ3n) is 8.00. The molecule has 0 N–H and O–H groups in total. The molecule has 0 spiro atoms. The summed E-state index contributed by atoms with van der Waals surface area (Å²) in [6.07, 6.45) is 0. The van der Waals surface area contributed by atoms with Gasteiger partial charge in [-0.05, 0) is 146 Å². The zero-order chi connectivity index (χ0) is 38.2. The monoisotopic (exact) mass is 762 g/mol. The van der Waals surface area contributed by atoms with Gasteiger partial charge in [-0.2, -0.15) is 25.2 Å². The molecule has 0 bridgehead atoms. The summed E-state index contributed by atoms with van der Waals surface area (Å²) < 4.78 is 93.1. The second-order valence-electron chi connectivity index (χ2n) is 14.5. The van der Waals surface area contributed by atoms with E-state index < -0.39 is 37.1 Å². The van der Waals surface area contributed by atoms with E-state index in [0.29, 0.717) is 17.2 Å². The molecule has 11 heteroatoms. The van der Waals surface area contributed by atoms with Crippen LogP contribution in [0.25, 0.3) is 21.5 Å². The molecule has 6 aromatic carbocycles. The van der Waals surface area contributed by atoms with Crippen LogP contribution in [0.1, 0.15) is 47.1 Å². The second-order valence-corrected chi connectivity index (χ2v) is 18.9. The number of hydrogen-bond donors (Lipinski definition) is 0. The van der Waals surface area contributed by atoms with Gasteiger partial charge in [-0.3, -0.25) is 0 Å². The number of ether oxygens (including phenoxy) is 3. The lowest BCUT2D eigenvalue weighted by Crippen LogP contribution is -2.28. The molecule has 0 saturated heterocycles. The van der Waals surface area contributed by atoms with Gasteiger partial charge in [0.1, 0.15) is 35.1 Å². The summed E-state index contributed by atoms with van der Waals surface area (Å²) >= 11 is 0. The van der Waals surface area contributed by atoms with Crippen LogP contribution in [0, 0.1) is 0 Å². The molecule has 0 unspecified atom stereocenters. The Hall–Kier alpha value is -4.71. The van der Waals surface area contributed by atoms with E-state index in [1.54, 1.807) is 60.7 Å². The smallest absolute Gasteiger partial charge is 0.489 e. The molecule has 0 radical (unpaired) electrons. The van der Waals surface area contributed by atoms with E-state index in [0.717, 1.165) is 27.1 Å². The molecular weight excluding hydrogens is 722 g/mol. The predicted molar refractivity (Wildman–Crippen MR) is 204 cm³/mol. The van der Waals surface area contributed by atoms with Gasteiger partial charge >= 0.3 is 15.6 Å². The topological polar surface area (TPSA) is 71.1 Å². The molecule has 0 aliphatic carbocycles. The van der Waals surface area contributed by atoms with Gasteiger partial charge in [0, 0.05) is 14.7 Å². The minimum absolute atomic E-state index is 0.163. The molecule has 6 nitrogen and oxygen atoms in total. The first-order chi connectivity index (χ1) is 24.8. The lowest BCUT2D eigenvalue weighted by molar-refractivity contribution is -0.0496. The van der Waals surface area contributed by atoms with Gasteiger partial charge in [-0.25, -0.2) is 0 Å². The summed E-state index contributed by atoms with van der Waals surface area (Å²) in [5.41, 5.74) is -6.08. The normalized spacial score (nSPS) is 13.2. The van der Waals surface area contributed by atoms with Gasteiger partial charge in [0.2, 0.25) is 0 Å². The average molecular weight is 763 g/mol. The molecule has 0 amide bonds. The number of hydrogen-bond acceptors (Lipinski definition) is 6. The standard InChI is InChI=1S/C42H41F3O6S2/c1-40(2,3)49-32-14-11-16-35(26-32)52(51-53(46,47)42(43,44)45,36-17-12-15-33(27-36)50-41(4,5)6)34-23-21-31(22-24-34)48-28-30-25-29-13-7-8-18-37(29)39-20-10-9-19-38(30)39/h7-27H,28H2,1-6H3. The molecule has 0 fully saturated rings. The lowest BCUT2D eigenvalue weighted by atomic mass is 9.98. The zero-order valence-electron chi connectivity index (χ0n) is 30.2. The predicted octanol–water partition coefficient (Wildman–Crippen LogP) is 12.0. The van der Waals surface area contributed by atoms with Gasteiger partial charge in [-0.1, -0.05) is 60.7 Å². The SMILES string of the molecule is CC(C)(C)Oc1cccc(S(OS(=O)(=O)C(F)(F)F)(c2ccc(OCc3cc4ccccc4c4ccccc34)cc2)c2cccc(OC(C)(C)C)c2)c1. The molecule has 6 aromatic rings. The molecule has 0 aliphatic heterocycles. The van der Waals surface area contributed by atoms with Crippen LogP contribution >= 0.6 is 10.3 Å².